The van der Waals surface area contributed by atoms with Gasteiger partial charge in [-0.1, -0.05) is 51.2 Å². The van der Waals surface area contributed by atoms with E-state index < -0.39 is 0 Å². The molecule has 0 N–H and O–H groups in total. The highest BCUT2D eigenvalue weighted by molar-refractivity contribution is 6.21. The van der Waals surface area contributed by atoms with Crippen molar-refractivity contribution < 1.29 is 4.74 Å². The van der Waals surface area contributed by atoms with E-state index in [4.69, 9.17) is 16.3 Å². The van der Waals surface area contributed by atoms with E-state index in [0.29, 0.717) is 11.5 Å². The quantitative estimate of drug-likeness (QED) is 0.645. The van der Waals surface area contributed by atoms with E-state index in [1.807, 2.05) is 0 Å². The zero-order valence-corrected chi connectivity index (χ0v) is 13.9. The number of alkyl halides is 1. The van der Waals surface area contributed by atoms with Crippen LogP contribution >= 0.6 is 11.6 Å². The predicted molar refractivity (Wildman–Crippen MR) is 89.2 cm³/mol. The van der Waals surface area contributed by atoms with Gasteiger partial charge in [0.1, 0.15) is 11.9 Å². The Morgan fingerprint density at radius 2 is 1.76 bits per heavy atom. The van der Waals surface area contributed by atoms with Gasteiger partial charge in [-0.2, -0.15) is 0 Å². The van der Waals surface area contributed by atoms with Crippen LogP contribution in [-0.4, -0.2) is 11.5 Å². The molecule has 2 aliphatic rings. The summed E-state index contributed by atoms with van der Waals surface area (Å²) in [7, 11) is 0. The minimum absolute atomic E-state index is 0.250. The van der Waals surface area contributed by atoms with Gasteiger partial charge in [0.15, 0.2) is 0 Å². The lowest BCUT2D eigenvalue weighted by Crippen LogP contribution is -2.57. The van der Waals surface area contributed by atoms with Gasteiger partial charge in [0.25, 0.3) is 0 Å². The number of rotatable bonds is 4. The molecule has 1 spiro atoms. The van der Waals surface area contributed by atoms with E-state index >= 15 is 0 Å². The summed E-state index contributed by atoms with van der Waals surface area (Å²) in [5, 5.41) is 0.319. The lowest BCUT2D eigenvalue weighted by Gasteiger charge is -2.53. The molecule has 0 aromatic heterocycles. The van der Waals surface area contributed by atoms with Gasteiger partial charge in [0.2, 0.25) is 0 Å². The molecule has 2 atom stereocenters. The molecule has 0 heterocycles. The second-order valence-corrected chi connectivity index (χ2v) is 7.38. The summed E-state index contributed by atoms with van der Waals surface area (Å²) in [5.41, 5.74) is 1.65. The van der Waals surface area contributed by atoms with Gasteiger partial charge < -0.3 is 4.74 Å². The van der Waals surface area contributed by atoms with E-state index in [2.05, 4.69) is 31.2 Å². The lowest BCUT2D eigenvalue weighted by atomic mass is 9.61. The summed E-state index contributed by atoms with van der Waals surface area (Å²) in [5.74, 6) is 1.02. The van der Waals surface area contributed by atoms with E-state index in [-0.39, 0.29) is 5.41 Å². The Hall–Kier alpha value is -0.690. The molecule has 0 saturated heterocycles. The number of benzene rings is 1. The maximum absolute atomic E-state index is 6.60. The molecular weight excluding hydrogens is 280 g/mol. The van der Waals surface area contributed by atoms with Crippen molar-refractivity contribution in [2.45, 2.75) is 76.2 Å². The normalized spacial score (nSPS) is 27.9. The molecular formula is C19H27ClO. The second kappa shape index (κ2) is 6.60. The molecule has 2 unspecified atom stereocenters. The van der Waals surface area contributed by atoms with E-state index in [0.717, 1.165) is 18.6 Å². The number of ether oxygens (including phenoxy) is 1. The van der Waals surface area contributed by atoms with Gasteiger partial charge in [-0.15, -0.1) is 11.6 Å². The van der Waals surface area contributed by atoms with Crippen LogP contribution in [0.2, 0.25) is 0 Å². The molecule has 2 saturated carbocycles. The van der Waals surface area contributed by atoms with E-state index in [1.54, 1.807) is 0 Å². The molecule has 3 rings (SSSR count). The van der Waals surface area contributed by atoms with Crippen molar-refractivity contribution in [2.75, 3.05) is 0 Å². The smallest absolute Gasteiger partial charge is 0.119 e. The molecule has 21 heavy (non-hydrogen) atoms. The SMILES string of the molecule is CCCc1ccc(OC2CC(Cl)C23CCCCCC3)cc1. The highest BCUT2D eigenvalue weighted by atomic mass is 35.5. The van der Waals surface area contributed by atoms with Gasteiger partial charge in [-0.25, -0.2) is 0 Å². The lowest BCUT2D eigenvalue weighted by molar-refractivity contribution is -0.0512. The van der Waals surface area contributed by atoms with Crippen molar-refractivity contribution in [3.05, 3.63) is 29.8 Å². The van der Waals surface area contributed by atoms with Gasteiger partial charge in [0, 0.05) is 17.2 Å². The van der Waals surface area contributed by atoms with Crippen molar-refractivity contribution in [3.63, 3.8) is 0 Å². The number of hydrogen-bond donors (Lipinski definition) is 0. The maximum Gasteiger partial charge on any atom is 0.119 e. The van der Waals surface area contributed by atoms with Crippen LogP contribution in [0.4, 0.5) is 0 Å². The van der Waals surface area contributed by atoms with Crippen molar-refractivity contribution in [3.8, 4) is 5.75 Å². The Kier molecular flexibility index (Phi) is 4.78. The zero-order valence-electron chi connectivity index (χ0n) is 13.1. The maximum atomic E-state index is 6.60. The number of aryl methyl sites for hydroxylation is 1. The Bertz CT molecular complexity index is 445. The molecule has 2 heteroatoms. The third-order valence-corrected chi connectivity index (χ3v) is 6.07. The number of halogens is 1. The first kappa shape index (κ1) is 15.2. The summed E-state index contributed by atoms with van der Waals surface area (Å²) >= 11 is 6.60. The zero-order chi connectivity index (χ0) is 14.7. The minimum atomic E-state index is 0.250. The summed E-state index contributed by atoms with van der Waals surface area (Å²) < 4.78 is 6.32. The first-order valence-corrected chi connectivity index (χ1v) is 9.08. The molecule has 1 aromatic carbocycles. The predicted octanol–water partition coefficient (Wildman–Crippen LogP) is 5.74. The van der Waals surface area contributed by atoms with Crippen LogP contribution in [-0.2, 0) is 6.42 Å². The molecule has 116 valence electrons. The minimum Gasteiger partial charge on any atom is -0.490 e. The van der Waals surface area contributed by atoms with Crippen LogP contribution in [0, 0.1) is 5.41 Å². The molecule has 0 amide bonds. The highest BCUT2D eigenvalue weighted by Crippen LogP contribution is 2.54. The molecule has 2 fully saturated rings. The van der Waals surface area contributed by atoms with Crippen molar-refractivity contribution in [2.24, 2.45) is 5.41 Å². The Labute approximate surface area is 134 Å². The third-order valence-electron chi connectivity index (χ3n) is 5.46. The fourth-order valence-corrected chi connectivity index (χ4v) is 4.59. The number of hydrogen-bond acceptors (Lipinski definition) is 1. The summed E-state index contributed by atoms with van der Waals surface area (Å²) in [6.45, 7) is 2.22. The van der Waals surface area contributed by atoms with Crippen LogP contribution in [0.25, 0.3) is 0 Å². The van der Waals surface area contributed by atoms with E-state index in [1.165, 1.54) is 50.5 Å². The van der Waals surface area contributed by atoms with Gasteiger partial charge >= 0.3 is 0 Å². The summed E-state index contributed by atoms with van der Waals surface area (Å²) in [6, 6.07) is 8.68. The van der Waals surface area contributed by atoms with Gasteiger partial charge in [-0.3, -0.25) is 0 Å². The van der Waals surface area contributed by atoms with Crippen LogP contribution in [0.1, 0.15) is 63.9 Å². The van der Waals surface area contributed by atoms with Crippen LogP contribution < -0.4 is 4.74 Å². The highest BCUT2D eigenvalue weighted by Gasteiger charge is 2.55. The third kappa shape index (κ3) is 3.08. The fourth-order valence-electron chi connectivity index (χ4n) is 4.07. The Morgan fingerprint density at radius 1 is 1.10 bits per heavy atom. The Balaban J connectivity index is 1.66. The topological polar surface area (TPSA) is 9.23 Å². The summed E-state index contributed by atoms with van der Waals surface area (Å²) in [4.78, 5) is 0. The van der Waals surface area contributed by atoms with Gasteiger partial charge in [0.05, 0.1) is 0 Å². The van der Waals surface area contributed by atoms with Crippen molar-refractivity contribution >= 4 is 11.6 Å². The van der Waals surface area contributed by atoms with Crippen LogP contribution in [0.15, 0.2) is 24.3 Å². The molecule has 0 aliphatic heterocycles. The van der Waals surface area contributed by atoms with Crippen molar-refractivity contribution in [1.82, 2.24) is 0 Å². The fraction of sp³-hybridized carbons (Fsp3) is 0.684. The molecule has 0 bridgehead atoms. The monoisotopic (exact) mass is 306 g/mol. The van der Waals surface area contributed by atoms with E-state index in [9.17, 15) is 0 Å². The van der Waals surface area contributed by atoms with Gasteiger partial charge in [-0.05, 0) is 37.0 Å². The standard InChI is InChI=1S/C19H27ClO/c1-2-7-15-8-10-16(11-9-15)21-18-14-17(20)19(18)12-5-3-4-6-13-19/h8-11,17-18H,2-7,12-14H2,1H3. The molecule has 1 nitrogen and oxygen atoms in total. The second-order valence-electron chi connectivity index (χ2n) is 6.85. The van der Waals surface area contributed by atoms with Crippen LogP contribution in [0.3, 0.4) is 0 Å². The average molecular weight is 307 g/mol. The first-order chi connectivity index (χ1) is 10.2. The summed E-state index contributed by atoms with van der Waals surface area (Å²) in [6.07, 6.45) is 11.6. The largest absolute Gasteiger partial charge is 0.490 e. The molecule has 2 aliphatic carbocycles. The van der Waals surface area contributed by atoms with Crippen molar-refractivity contribution in [1.29, 1.82) is 0 Å². The Morgan fingerprint density at radius 3 is 2.33 bits per heavy atom. The first-order valence-electron chi connectivity index (χ1n) is 8.64. The molecule has 1 aromatic rings. The molecule has 0 radical (unpaired) electrons. The average Bonchev–Trinajstić information content (AvgIpc) is 2.77. The van der Waals surface area contributed by atoms with Crippen LogP contribution in [0.5, 0.6) is 5.75 Å².